The number of rotatable bonds is 9. The van der Waals surface area contributed by atoms with Crippen LogP contribution in [0, 0.1) is 5.82 Å². The summed E-state index contributed by atoms with van der Waals surface area (Å²) in [5.41, 5.74) is 1.15. The molecular weight excluding hydrogens is 419 g/mol. The second-order valence-electron chi connectivity index (χ2n) is 6.77. The Morgan fingerprint density at radius 2 is 1.61 bits per heavy atom. The SMILES string of the molecule is O=C(CC(NC(=O)c1ccccc1Cl)c1ccccc1)NCCOc1ccc(F)cc1. The Hall–Kier alpha value is -3.38. The molecule has 1 atom stereocenters. The van der Waals surface area contributed by atoms with E-state index in [0.29, 0.717) is 16.3 Å². The quantitative estimate of drug-likeness (QED) is 0.480. The Balaban J connectivity index is 1.56. The first kappa shape index (κ1) is 22.3. The Morgan fingerprint density at radius 1 is 0.935 bits per heavy atom. The predicted molar refractivity (Wildman–Crippen MR) is 118 cm³/mol. The topological polar surface area (TPSA) is 67.4 Å². The summed E-state index contributed by atoms with van der Waals surface area (Å²) in [5.74, 6) is -0.417. The molecule has 0 bridgehead atoms. The molecule has 0 fully saturated rings. The van der Waals surface area contributed by atoms with Crippen molar-refractivity contribution < 1.29 is 18.7 Å². The monoisotopic (exact) mass is 440 g/mol. The first-order valence-corrected chi connectivity index (χ1v) is 10.2. The zero-order valence-electron chi connectivity index (χ0n) is 16.7. The van der Waals surface area contributed by atoms with Gasteiger partial charge in [-0.15, -0.1) is 0 Å². The van der Waals surface area contributed by atoms with Crippen molar-refractivity contribution >= 4 is 23.4 Å². The number of benzene rings is 3. The molecule has 3 aromatic carbocycles. The van der Waals surface area contributed by atoms with Crippen LogP contribution in [0.2, 0.25) is 5.02 Å². The largest absolute Gasteiger partial charge is 0.492 e. The van der Waals surface area contributed by atoms with Gasteiger partial charge in [-0.3, -0.25) is 9.59 Å². The minimum Gasteiger partial charge on any atom is -0.492 e. The highest BCUT2D eigenvalue weighted by molar-refractivity contribution is 6.33. The third-order valence-corrected chi connectivity index (χ3v) is 4.85. The molecule has 0 saturated heterocycles. The minimum absolute atomic E-state index is 0.0523. The van der Waals surface area contributed by atoms with Crippen LogP contribution >= 0.6 is 11.6 Å². The van der Waals surface area contributed by atoms with Crippen LogP contribution < -0.4 is 15.4 Å². The van der Waals surface area contributed by atoms with Crippen LogP contribution in [-0.2, 0) is 4.79 Å². The van der Waals surface area contributed by atoms with Gasteiger partial charge in [0.2, 0.25) is 5.91 Å². The van der Waals surface area contributed by atoms with Crippen molar-refractivity contribution in [2.75, 3.05) is 13.2 Å². The van der Waals surface area contributed by atoms with Gasteiger partial charge in [-0.2, -0.15) is 0 Å². The van der Waals surface area contributed by atoms with Gasteiger partial charge in [0.05, 0.1) is 29.6 Å². The molecule has 0 saturated carbocycles. The smallest absolute Gasteiger partial charge is 0.253 e. The van der Waals surface area contributed by atoms with Crippen LogP contribution in [0.25, 0.3) is 0 Å². The van der Waals surface area contributed by atoms with Crippen molar-refractivity contribution in [3.05, 3.63) is 101 Å². The summed E-state index contributed by atoms with van der Waals surface area (Å²) in [7, 11) is 0. The van der Waals surface area contributed by atoms with Crippen molar-refractivity contribution in [2.45, 2.75) is 12.5 Å². The number of carbonyl (C=O) groups excluding carboxylic acids is 2. The number of ether oxygens (including phenoxy) is 1. The summed E-state index contributed by atoms with van der Waals surface area (Å²) in [6.45, 7) is 0.509. The van der Waals surface area contributed by atoms with E-state index in [-0.39, 0.29) is 37.2 Å². The average molecular weight is 441 g/mol. The lowest BCUT2D eigenvalue weighted by Crippen LogP contribution is -2.35. The Morgan fingerprint density at radius 3 is 2.32 bits per heavy atom. The van der Waals surface area contributed by atoms with E-state index in [2.05, 4.69) is 10.6 Å². The predicted octanol–water partition coefficient (Wildman–Crippen LogP) is 4.54. The van der Waals surface area contributed by atoms with E-state index < -0.39 is 6.04 Å². The van der Waals surface area contributed by atoms with Crippen molar-refractivity contribution in [3.63, 3.8) is 0 Å². The minimum atomic E-state index is -0.525. The van der Waals surface area contributed by atoms with Crippen molar-refractivity contribution in [3.8, 4) is 5.75 Å². The number of hydrogen-bond acceptors (Lipinski definition) is 3. The molecule has 0 radical (unpaired) electrons. The second kappa shape index (κ2) is 11.1. The van der Waals surface area contributed by atoms with E-state index in [4.69, 9.17) is 16.3 Å². The van der Waals surface area contributed by atoms with E-state index in [1.54, 1.807) is 24.3 Å². The van der Waals surface area contributed by atoms with Crippen molar-refractivity contribution in [1.29, 1.82) is 0 Å². The third kappa shape index (κ3) is 6.83. The molecule has 160 valence electrons. The Labute approximate surface area is 185 Å². The summed E-state index contributed by atoms with van der Waals surface area (Å²) >= 11 is 6.12. The molecule has 5 nitrogen and oxygen atoms in total. The summed E-state index contributed by atoms with van der Waals surface area (Å²) in [5, 5.41) is 6.01. The van der Waals surface area contributed by atoms with Crippen LogP contribution in [0.4, 0.5) is 4.39 Å². The van der Waals surface area contributed by atoms with Crippen LogP contribution in [0.15, 0.2) is 78.9 Å². The number of carbonyl (C=O) groups is 2. The van der Waals surface area contributed by atoms with E-state index in [0.717, 1.165) is 5.56 Å². The van der Waals surface area contributed by atoms with E-state index in [1.165, 1.54) is 24.3 Å². The molecule has 3 rings (SSSR count). The van der Waals surface area contributed by atoms with Gasteiger partial charge < -0.3 is 15.4 Å². The molecule has 0 aromatic heterocycles. The highest BCUT2D eigenvalue weighted by atomic mass is 35.5. The fourth-order valence-electron chi connectivity index (χ4n) is 2.97. The standard InChI is InChI=1S/C24H22ClFN2O3/c25-21-9-5-4-8-20(21)24(30)28-22(17-6-2-1-3-7-17)16-23(29)27-14-15-31-19-12-10-18(26)11-13-19/h1-13,22H,14-16H2,(H,27,29)(H,28,30). The number of hydrogen-bond donors (Lipinski definition) is 2. The molecular formula is C24H22ClFN2O3. The summed E-state index contributed by atoms with van der Waals surface area (Å²) in [6.07, 6.45) is 0.0523. The molecule has 7 heteroatoms. The highest BCUT2D eigenvalue weighted by Gasteiger charge is 2.20. The van der Waals surface area contributed by atoms with Gasteiger partial charge in [-0.05, 0) is 42.0 Å². The molecule has 3 aromatic rings. The maximum absolute atomic E-state index is 12.9. The van der Waals surface area contributed by atoms with Gasteiger partial charge in [0.15, 0.2) is 0 Å². The summed E-state index contributed by atoms with van der Waals surface area (Å²) < 4.78 is 18.4. The molecule has 2 amide bonds. The molecule has 1 unspecified atom stereocenters. The molecule has 0 aliphatic carbocycles. The normalized spacial score (nSPS) is 11.4. The van der Waals surface area contributed by atoms with Gasteiger partial charge in [0.25, 0.3) is 5.91 Å². The zero-order valence-corrected chi connectivity index (χ0v) is 17.4. The maximum Gasteiger partial charge on any atom is 0.253 e. The van der Waals surface area contributed by atoms with Crippen molar-refractivity contribution in [2.24, 2.45) is 0 Å². The molecule has 0 spiro atoms. The van der Waals surface area contributed by atoms with Gasteiger partial charge in [-0.1, -0.05) is 54.1 Å². The summed E-state index contributed by atoms with van der Waals surface area (Å²) in [6, 6.07) is 21.1. The first-order chi connectivity index (χ1) is 15.0. The van der Waals surface area contributed by atoms with E-state index in [1.807, 2.05) is 30.3 Å². The number of halogens is 2. The summed E-state index contributed by atoms with van der Waals surface area (Å²) in [4.78, 5) is 25.2. The van der Waals surface area contributed by atoms with Crippen LogP contribution in [0.3, 0.4) is 0 Å². The molecule has 2 N–H and O–H groups in total. The lowest BCUT2D eigenvalue weighted by molar-refractivity contribution is -0.121. The average Bonchev–Trinajstić information content (AvgIpc) is 2.78. The number of amides is 2. The lowest BCUT2D eigenvalue weighted by atomic mass is 10.0. The fourth-order valence-corrected chi connectivity index (χ4v) is 3.19. The Kier molecular flexibility index (Phi) is 8.01. The molecule has 0 aliphatic heterocycles. The van der Waals surface area contributed by atoms with Gasteiger partial charge in [-0.25, -0.2) is 4.39 Å². The van der Waals surface area contributed by atoms with Crippen LogP contribution in [0.5, 0.6) is 5.75 Å². The third-order valence-electron chi connectivity index (χ3n) is 4.52. The fraction of sp³-hybridized carbons (Fsp3) is 0.167. The lowest BCUT2D eigenvalue weighted by Gasteiger charge is -2.19. The van der Waals surface area contributed by atoms with Crippen molar-refractivity contribution in [1.82, 2.24) is 10.6 Å². The molecule has 31 heavy (non-hydrogen) atoms. The molecule has 0 heterocycles. The highest BCUT2D eigenvalue weighted by Crippen LogP contribution is 2.20. The first-order valence-electron chi connectivity index (χ1n) is 9.78. The van der Waals surface area contributed by atoms with Gasteiger partial charge >= 0.3 is 0 Å². The second-order valence-corrected chi connectivity index (χ2v) is 7.18. The Bertz CT molecular complexity index is 1010. The van der Waals surface area contributed by atoms with E-state index >= 15 is 0 Å². The molecule has 0 aliphatic rings. The number of nitrogens with one attached hydrogen (secondary N) is 2. The van der Waals surface area contributed by atoms with Gasteiger partial charge in [0.1, 0.15) is 18.2 Å². The van der Waals surface area contributed by atoms with Crippen LogP contribution in [-0.4, -0.2) is 25.0 Å². The van der Waals surface area contributed by atoms with E-state index in [9.17, 15) is 14.0 Å². The zero-order chi connectivity index (χ0) is 22.1. The van der Waals surface area contributed by atoms with Crippen LogP contribution in [0.1, 0.15) is 28.4 Å². The maximum atomic E-state index is 12.9. The van der Waals surface area contributed by atoms with Gasteiger partial charge in [0, 0.05) is 0 Å².